The Balaban J connectivity index is 2.23. The van der Waals surface area contributed by atoms with Gasteiger partial charge in [0.1, 0.15) is 5.75 Å². The van der Waals surface area contributed by atoms with Crippen molar-refractivity contribution < 1.29 is 15.0 Å². The minimum atomic E-state index is -0.699. The van der Waals surface area contributed by atoms with E-state index in [1.807, 2.05) is 6.92 Å². The molecule has 0 radical (unpaired) electrons. The van der Waals surface area contributed by atoms with Gasteiger partial charge in [0.05, 0.1) is 11.2 Å². The summed E-state index contributed by atoms with van der Waals surface area (Å²) in [6.07, 6.45) is 1.69. The molecule has 0 aliphatic carbocycles. The summed E-state index contributed by atoms with van der Waals surface area (Å²) in [6.45, 7) is 5.10. The number of ketones is 1. The normalized spacial score (nSPS) is 23.8. The van der Waals surface area contributed by atoms with Crippen molar-refractivity contribution in [2.75, 3.05) is 13.1 Å². The van der Waals surface area contributed by atoms with E-state index in [4.69, 9.17) is 11.6 Å². The van der Waals surface area contributed by atoms with E-state index in [0.717, 1.165) is 19.4 Å². The zero-order chi connectivity index (χ0) is 14.9. The van der Waals surface area contributed by atoms with Crippen LogP contribution in [0.5, 0.6) is 5.75 Å². The highest BCUT2D eigenvalue weighted by Gasteiger charge is 2.29. The number of carbonyl (C=O) groups excluding carboxylic acids is 1. The lowest BCUT2D eigenvalue weighted by atomic mass is 9.94. The molecule has 0 spiro atoms. The summed E-state index contributed by atoms with van der Waals surface area (Å²) in [5, 5.41) is 20.7. The van der Waals surface area contributed by atoms with E-state index < -0.39 is 5.60 Å². The van der Waals surface area contributed by atoms with Crippen LogP contribution < -0.4 is 0 Å². The Kier molecular flexibility index (Phi) is 4.37. The molecule has 1 aromatic carbocycles. The number of aromatic hydroxyl groups is 1. The summed E-state index contributed by atoms with van der Waals surface area (Å²) in [4.78, 5) is 13.6. The van der Waals surface area contributed by atoms with Crippen LogP contribution in [0.3, 0.4) is 0 Å². The van der Waals surface area contributed by atoms with Crippen molar-refractivity contribution in [3.8, 4) is 5.75 Å². The van der Waals surface area contributed by atoms with Gasteiger partial charge in [-0.05, 0) is 45.4 Å². The van der Waals surface area contributed by atoms with Crippen molar-refractivity contribution in [1.82, 2.24) is 4.90 Å². The Labute approximate surface area is 124 Å². The molecule has 0 bridgehead atoms. The van der Waals surface area contributed by atoms with Gasteiger partial charge in [-0.1, -0.05) is 11.6 Å². The van der Waals surface area contributed by atoms with Crippen LogP contribution in [0.2, 0.25) is 5.02 Å². The van der Waals surface area contributed by atoms with Crippen LogP contribution in [0.4, 0.5) is 0 Å². The number of Topliss-reactive ketones (excluding diaryl/α,β-unsaturated/α-hetero) is 1. The molecule has 1 aliphatic rings. The lowest BCUT2D eigenvalue weighted by molar-refractivity contribution is -0.0183. The number of hydrogen-bond donors (Lipinski definition) is 2. The van der Waals surface area contributed by atoms with Crippen molar-refractivity contribution in [2.24, 2.45) is 0 Å². The number of rotatable bonds is 3. The second-order valence-corrected chi connectivity index (χ2v) is 6.26. The fourth-order valence-corrected chi connectivity index (χ4v) is 2.98. The first-order valence-corrected chi connectivity index (χ1v) is 7.13. The molecule has 1 aromatic rings. The molecule has 1 heterocycles. The van der Waals surface area contributed by atoms with Crippen LogP contribution in [-0.2, 0) is 6.54 Å². The first-order valence-electron chi connectivity index (χ1n) is 6.75. The third kappa shape index (κ3) is 3.51. The molecule has 0 aromatic heterocycles. The van der Waals surface area contributed by atoms with Crippen molar-refractivity contribution in [2.45, 2.75) is 38.8 Å². The van der Waals surface area contributed by atoms with E-state index >= 15 is 0 Å². The molecule has 5 heteroatoms. The zero-order valence-corrected chi connectivity index (χ0v) is 12.6. The molecule has 0 saturated carbocycles. The second-order valence-electron chi connectivity index (χ2n) is 5.83. The number of piperidine rings is 1. The molecule has 20 heavy (non-hydrogen) atoms. The number of β-amino-alcohol motifs (C(OH)–C–C–N with tert-alkyl or cyclic N) is 1. The van der Waals surface area contributed by atoms with Crippen molar-refractivity contribution in [3.05, 3.63) is 28.3 Å². The fourth-order valence-electron chi connectivity index (χ4n) is 2.74. The predicted octanol–water partition coefficient (Wildman–Crippen LogP) is 2.60. The molecule has 110 valence electrons. The Hall–Kier alpha value is -1.10. The average Bonchev–Trinajstić information content (AvgIpc) is 2.31. The Morgan fingerprint density at radius 1 is 1.50 bits per heavy atom. The van der Waals surface area contributed by atoms with E-state index in [-0.39, 0.29) is 17.1 Å². The SMILES string of the molecule is CC(=O)c1cc(Cl)cc(CN2CCCC(C)(O)C2)c1O. The summed E-state index contributed by atoms with van der Waals surface area (Å²) >= 11 is 6.01. The van der Waals surface area contributed by atoms with Gasteiger partial charge in [0.15, 0.2) is 5.78 Å². The van der Waals surface area contributed by atoms with Gasteiger partial charge in [0, 0.05) is 23.7 Å². The highest BCUT2D eigenvalue weighted by atomic mass is 35.5. The van der Waals surface area contributed by atoms with Crippen LogP contribution in [0.15, 0.2) is 12.1 Å². The zero-order valence-electron chi connectivity index (χ0n) is 11.8. The number of phenolic OH excluding ortho intramolecular Hbond substituents is 1. The maximum absolute atomic E-state index is 11.5. The molecular weight excluding hydrogens is 278 g/mol. The quantitative estimate of drug-likeness (QED) is 0.842. The van der Waals surface area contributed by atoms with E-state index in [1.165, 1.54) is 13.0 Å². The number of nitrogens with zero attached hydrogens (tertiary/aromatic N) is 1. The maximum Gasteiger partial charge on any atom is 0.163 e. The first-order chi connectivity index (χ1) is 9.28. The number of halogens is 1. The lowest BCUT2D eigenvalue weighted by Gasteiger charge is -2.37. The van der Waals surface area contributed by atoms with Crippen molar-refractivity contribution in [3.63, 3.8) is 0 Å². The van der Waals surface area contributed by atoms with E-state index in [2.05, 4.69) is 4.90 Å². The van der Waals surface area contributed by atoms with Crippen LogP contribution >= 0.6 is 11.6 Å². The Morgan fingerprint density at radius 3 is 2.80 bits per heavy atom. The average molecular weight is 298 g/mol. The van der Waals surface area contributed by atoms with E-state index in [1.54, 1.807) is 6.07 Å². The lowest BCUT2D eigenvalue weighted by Crippen LogP contribution is -2.45. The van der Waals surface area contributed by atoms with Crippen LogP contribution in [-0.4, -0.2) is 39.6 Å². The highest BCUT2D eigenvalue weighted by Crippen LogP contribution is 2.30. The maximum atomic E-state index is 11.5. The minimum Gasteiger partial charge on any atom is -0.507 e. The smallest absolute Gasteiger partial charge is 0.163 e. The number of phenols is 1. The van der Waals surface area contributed by atoms with Gasteiger partial charge < -0.3 is 10.2 Å². The van der Waals surface area contributed by atoms with Crippen LogP contribution in [0.25, 0.3) is 0 Å². The number of aliphatic hydroxyl groups is 1. The van der Waals surface area contributed by atoms with Gasteiger partial charge in [-0.2, -0.15) is 0 Å². The van der Waals surface area contributed by atoms with Gasteiger partial charge >= 0.3 is 0 Å². The third-order valence-electron chi connectivity index (χ3n) is 3.68. The van der Waals surface area contributed by atoms with Gasteiger partial charge in [-0.25, -0.2) is 0 Å². The highest BCUT2D eigenvalue weighted by molar-refractivity contribution is 6.31. The van der Waals surface area contributed by atoms with Gasteiger partial charge in [0.2, 0.25) is 0 Å². The van der Waals surface area contributed by atoms with E-state index in [9.17, 15) is 15.0 Å². The largest absolute Gasteiger partial charge is 0.507 e. The Morgan fingerprint density at radius 2 is 2.20 bits per heavy atom. The number of hydrogen-bond acceptors (Lipinski definition) is 4. The molecule has 1 atom stereocenters. The topological polar surface area (TPSA) is 60.8 Å². The molecule has 2 N–H and O–H groups in total. The van der Waals surface area contributed by atoms with Crippen molar-refractivity contribution in [1.29, 1.82) is 0 Å². The molecular formula is C15H20ClNO3. The van der Waals surface area contributed by atoms with E-state index in [0.29, 0.717) is 23.7 Å². The molecule has 1 unspecified atom stereocenters. The molecule has 1 saturated heterocycles. The van der Waals surface area contributed by atoms with Crippen LogP contribution in [0, 0.1) is 0 Å². The fraction of sp³-hybridized carbons (Fsp3) is 0.533. The standard InChI is InChI=1S/C15H20ClNO3/c1-10(18)13-7-12(16)6-11(14(13)19)8-17-5-3-4-15(2,20)9-17/h6-7,19-20H,3-5,8-9H2,1-2H3. The monoisotopic (exact) mass is 297 g/mol. The minimum absolute atomic E-state index is 0.00730. The first kappa shape index (κ1) is 15.3. The number of carbonyl (C=O) groups is 1. The Bertz CT molecular complexity index is 528. The van der Waals surface area contributed by atoms with Gasteiger partial charge in [0.25, 0.3) is 0 Å². The third-order valence-corrected chi connectivity index (χ3v) is 3.90. The molecule has 2 rings (SSSR count). The van der Waals surface area contributed by atoms with Gasteiger partial charge in [-0.3, -0.25) is 9.69 Å². The summed E-state index contributed by atoms with van der Waals surface area (Å²) in [6, 6.07) is 3.15. The summed E-state index contributed by atoms with van der Waals surface area (Å²) in [5.74, 6) is -0.219. The van der Waals surface area contributed by atoms with Crippen LogP contribution in [0.1, 0.15) is 42.6 Å². The summed E-state index contributed by atoms with van der Waals surface area (Å²) < 4.78 is 0. The molecule has 1 aliphatic heterocycles. The molecule has 0 amide bonds. The second kappa shape index (κ2) is 5.72. The molecule has 4 nitrogen and oxygen atoms in total. The number of likely N-dealkylation sites (tertiary alicyclic amines) is 1. The molecule has 1 fully saturated rings. The van der Waals surface area contributed by atoms with Gasteiger partial charge in [-0.15, -0.1) is 0 Å². The predicted molar refractivity (Wildman–Crippen MR) is 78.3 cm³/mol. The summed E-state index contributed by atoms with van der Waals surface area (Å²) in [5.41, 5.74) is 0.173. The van der Waals surface area contributed by atoms with Crippen molar-refractivity contribution >= 4 is 17.4 Å². The number of benzene rings is 1. The summed E-state index contributed by atoms with van der Waals surface area (Å²) in [7, 11) is 0.